The molecule has 2 atom stereocenters. The lowest BCUT2D eigenvalue weighted by Gasteiger charge is -2.25. The van der Waals surface area contributed by atoms with Crippen LogP contribution in [0.5, 0.6) is 0 Å². The number of alkyl halides is 3. The summed E-state index contributed by atoms with van der Waals surface area (Å²) in [5, 5.41) is 8.55. The van der Waals surface area contributed by atoms with Gasteiger partial charge in [-0.25, -0.2) is 9.80 Å². The van der Waals surface area contributed by atoms with Crippen molar-refractivity contribution >= 4 is 17.6 Å². The van der Waals surface area contributed by atoms with Crippen LogP contribution in [0.15, 0.2) is 47.7 Å². The van der Waals surface area contributed by atoms with E-state index in [4.69, 9.17) is 0 Å². The summed E-state index contributed by atoms with van der Waals surface area (Å²) in [4.78, 5) is 30.5. The Hall–Kier alpha value is -3.43. The first-order chi connectivity index (χ1) is 15.6. The molecule has 1 saturated heterocycles. The first kappa shape index (κ1) is 22.8. The molecule has 0 saturated carbocycles. The molecule has 174 valence electrons. The first-order valence-corrected chi connectivity index (χ1v) is 10.7. The van der Waals surface area contributed by atoms with Crippen LogP contribution in [0.3, 0.4) is 0 Å². The molecule has 0 aliphatic carbocycles. The lowest BCUT2D eigenvalue weighted by molar-refractivity contribution is -0.141. The zero-order valence-corrected chi connectivity index (χ0v) is 18.3. The molecule has 1 fully saturated rings. The number of nitrogens with one attached hydrogen (secondary N) is 1. The van der Waals surface area contributed by atoms with Crippen molar-refractivity contribution in [2.75, 3.05) is 13.1 Å². The summed E-state index contributed by atoms with van der Waals surface area (Å²) in [7, 11) is 0. The number of nitrogens with zero attached hydrogens (tertiary/aromatic N) is 4. The quantitative estimate of drug-likeness (QED) is 0.754. The Morgan fingerprint density at radius 1 is 1.18 bits per heavy atom. The molecule has 1 aromatic heterocycles. The zero-order valence-electron chi connectivity index (χ0n) is 18.3. The Balaban J connectivity index is 1.52. The number of benzene rings is 1. The van der Waals surface area contributed by atoms with Crippen LogP contribution in [0.2, 0.25) is 0 Å². The number of rotatable bonds is 4. The maximum absolute atomic E-state index is 12.9. The van der Waals surface area contributed by atoms with Crippen molar-refractivity contribution in [2.45, 2.75) is 44.9 Å². The highest BCUT2D eigenvalue weighted by molar-refractivity contribution is 6.08. The molecule has 0 radical (unpaired) electrons. The Morgan fingerprint density at radius 3 is 2.48 bits per heavy atom. The number of pyridine rings is 1. The number of urea groups is 1. The van der Waals surface area contributed by atoms with Crippen LogP contribution in [0.1, 0.15) is 48.2 Å². The second kappa shape index (κ2) is 8.84. The Kier molecular flexibility index (Phi) is 6.09. The van der Waals surface area contributed by atoms with E-state index in [0.29, 0.717) is 24.2 Å². The lowest BCUT2D eigenvalue weighted by Crippen LogP contribution is -2.46. The van der Waals surface area contributed by atoms with E-state index in [9.17, 15) is 22.8 Å². The highest BCUT2D eigenvalue weighted by Gasteiger charge is 2.39. The molecule has 2 aromatic rings. The van der Waals surface area contributed by atoms with Crippen LogP contribution >= 0.6 is 0 Å². The molecule has 7 nitrogen and oxygen atoms in total. The molecule has 0 bridgehead atoms. The van der Waals surface area contributed by atoms with Crippen molar-refractivity contribution in [2.24, 2.45) is 5.10 Å². The number of aryl methyl sites for hydroxylation is 1. The van der Waals surface area contributed by atoms with Crippen molar-refractivity contribution in [3.63, 3.8) is 0 Å². The molecule has 33 heavy (non-hydrogen) atoms. The van der Waals surface area contributed by atoms with Crippen LogP contribution in [0.25, 0.3) is 0 Å². The summed E-state index contributed by atoms with van der Waals surface area (Å²) in [5.74, 6) is 0.0336. The summed E-state index contributed by atoms with van der Waals surface area (Å²) in [6.07, 6.45) is -2.18. The van der Waals surface area contributed by atoms with Gasteiger partial charge in [-0.2, -0.15) is 18.3 Å². The minimum absolute atomic E-state index is 0.0336. The molecule has 10 heteroatoms. The fourth-order valence-electron chi connectivity index (χ4n) is 4.01. The van der Waals surface area contributed by atoms with Crippen LogP contribution < -0.4 is 5.32 Å². The normalized spacial score (nSPS) is 19.6. The fraction of sp³-hybridized carbons (Fsp3) is 0.391. The molecule has 3 heterocycles. The number of aromatic nitrogens is 1. The first-order valence-electron chi connectivity index (χ1n) is 10.7. The van der Waals surface area contributed by atoms with Gasteiger partial charge in [0.05, 0.1) is 24.3 Å². The second-order valence-corrected chi connectivity index (χ2v) is 8.29. The molecule has 2 aliphatic heterocycles. The number of amides is 3. The average Bonchev–Trinajstić information content (AvgIpc) is 3.40. The predicted molar refractivity (Wildman–Crippen MR) is 115 cm³/mol. The van der Waals surface area contributed by atoms with E-state index in [1.165, 1.54) is 11.1 Å². The zero-order chi connectivity index (χ0) is 23.8. The molecule has 0 unspecified atom stereocenters. The smallest absolute Gasteiger partial charge is 0.332 e. The van der Waals surface area contributed by atoms with Crippen LogP contribution in [-0.4, -0.2) is 51.7 Å². The predicted octanol–water partition coefficient (Wildman–Crippen LogP) is 3.89. The van der Waals surface area contributed by atoms with Crippen molar-refractivity contribution in [3.8, 4) is 0 Å². The lowest BCUT2D eigenvalue weighted by atomic mass is 10.0. The van der Waals surface area contributed by atoms with Gasteiger partial charge >= 0.3 is 12.2 Å². The summed E-state index contributed by atoms with van der Waals surface area (Å²) in [5.41, 5.74) is 2.00. The highest BCUT2D eigenvalue weighted by Crippen LogP contribution is 2.28. The van der Waals surface area contributed by atoms with E-state index >= 15 is 0 Å². The van der Waals surface area contributed by atoms with E-state index in [1.54, 1.807) is 11.8 Å². The van der Waals surface area contributed by atoms with Crippen LogP contribution in [0, 0.1) is 6.92 Å². The second-order valence-electron chi connectivity index (χ2n) is 8.29. The van der Waals surface area contributed by atoms with Crippen molar-refractivity contribution < 1.29 is 22.8 Å². The minimum atomic E-state index is -4.52. The summed E-state index contributed by atoms with van der Waals surface area (Å²) >= 11 is 0. The number of carbonyl (C=O) groups is 2. The molecule has 1 aromatic carbocycles. The number of likely N-dealkylation sites (tertiary alicyclic amines) is 1. The number of hydrazone groups is 1. The van der Waals surface area contributed by atoms with E-state index < -0.39 is 23.9 Å². The number of halogens is 3. The van der Waals surface area contributed by atoms with Gasteiger partial charge < -0.3 is 10.2 Å². The topological polar surface area (TPSA) is 77.9 Å². The molecule has 2 aliphatic rings. The maximum Gasteiger partial charge on any atom is 0.433 e. The van der Waals surface area contributed by atoms with Gasteiger partial charge in [0.25, 0.3) is 0 Å². The highest BCUT2D eigenvalue weighted by atomic mass is 19.4. The van der Waals surface area contributed by atoms with E-state index in [2.05, 4.69) is 15.4 Å². The molecule has 1 N–H and O–H groups in total. The standard InChI is InChI=1S/C23H24F3N5O2/c1-14-5-7-16(8-6-14)21-18(30-11-3-4-20(30)32)13-31(29-21)22(33)28-15(2)17-9-10-19(27-12-17)23(24,25)26/h5-10,12,15,18H,3-4,11,13H2,1-2H3,(H,28,33)/t15-,18+/m1/s1. The largest absolute Gasteiger partial charge is 0.433 e. The third kappa shape index (κ3) is 4.84. The molecule has 3 amide bonds. The molecular weight excluding hydrogens is 435 g/mol. The third-order valence-electron chi connectivity index (χ3n) is 5.87. The average molecular weight is 459 g/mol. The molecule has 4 rings (SSSR count). The summed E-state index contributed by atoms with van der Waals surface area (Å²) < 4.78 is 38.2. The summed E-state index contributed by atoms with van der Waals surface area (Å²) in [6.45, 7) is 4.44. The van der Waals surface area contributed by atoms with Crippen LogP contribution in [0.4, 0.5) is 18.0 Å². The van der Waals surface area contributed by atoms with Gasteiger partial charge in [-0.3, -0.25) is 9.78 Å². The molecule has 0 spiro atoms. The maximum atomic E-state index is 12.9. The third-order valence-corrected chi connectivity index (χ3v) is 5.87. The Morgan fingerprint density at radius 2 is 1.91 bits per heavy atom. The SMILES string of the molecule is Cc1ccc(C2=NN(C(=O)N[C@H](C)c3ccc(C(F)(F)F)nc3)C[C@@H]2N2CCCC2=O)cc1. The number of hydrogen-bond acceptors (Lipinski definition) is 4. The monoisotopic (exact) mass is 459 g/mol. The molecular formula is C23H24F3N5O2. The van der Waals surface area contributed by atoms with Gasteiger partial charge in [0.15, 0.2) is 0 Å². The van der Waals surface area contributed by atoms with Crippen molar-refractivity contribution in [1.82, 2.24) is 20.2 Å². The minimum Gasteiger partial charge on any atom is -0.332 e. The van der Waals surface area contributed by atoms with Crippen molar-refractivity contribution in [1.29, 1.82) is 0 Å². The van der Waals surface area contributed by atoms with E-state index in [0.717, 1.165) is 29.8 Å². The summed E-state index contributed by atoms with van der Waals surface area (Å²) in [6, 6.07) is 8.47. The number of hydrogen-bond donors (Lipinski definition) is 1. The van der Waals surface area contributed by atoms with Crippen LogP contribution in [-0.2, 0) is 11.0 Å². The van der Waals surface area contributed by atoms with Gasteiger partial charge in [-0.05, 0) is 37.5 Å². The van der Waals surface area contributed by atoms with Gasteiger partial charge in [-0.1, -0.05) is 35.9 Å². The van der Waals surface area contributed by atoms with Gasteiger partial charge in [0.1, 0.15) is 5.69 Å². The Labute approximate surface area is 189 Å². The fourth-order valence-corrected chi connectivity index (χ4v) is 4.01. The van der Waals surface area contributed by atoms with Gasteiger partial charge in [0.2, 0.25) is 5.91 Å². The Bertz CT molecular complexity index is 1070. The number of carbonyl (C=O) groups excluding carboxylic acids is 2. The van der Waals surface area contributed by atoms with Gasteiger partial charge in [0, 0.05) is 19.2 Å². The van der Waals surface area contributed by atoms with Crippen molar-refractivity contribution in [3.05, 3.63) is 65.0 Å². The van der Waals surface area contributed by atoms with E-state index in [-0.39, 0.29) is 18.5 Å². The van der Waals surface area contributed by atoms with E-state index in [1.807, 2.05) is 31.2 Å². The van der Waals surface area contributed by atoms with Gasteiger partial charge in [-0.15, -0.1) is 0 Å².